The molecule has 1 aromatic carbocycles. The molecule has 1 saturated carbocycles. The minimum Gasteiger partial charge on any atom is -0.394 e. The highest BCUT2D eigenvalue weighted by Gasteiger charge is 2.34. The van der Waals surface area contributed by atoms with Crippen molar-refractivity contribution >= 4 is 11.6 Å². The van der Waals surface area contributed by atoms with Gasteiger partial charge in [0.15, 0.2) is 0 Å². The fourth-order valence-electron chi connectivity index (χ4n) is 2.71. The molecule has 0 aromatic heterocycles. The smallest absolute Gasteiger partial charge is 0.282 e. The summed E-state index contributed by atoms with van der Waals surface area (Å²) in [6, 6.07) is 2.76. The van der Waals surface area contributed by atoms with E-state index in [4.69, 9.17) is 0 Å². The van der Waals surface area contributed by atoms with E-state index in [-0.39, 0.29) is 12.2 Å². The fraction of sp³-hybridized carbons (Fsp3) is 0.500. The molecule has 2 N–H and O–H groups in total. The average Bonchev–Trinajstić information content (AvgIpc) is 2.47. The van der Waals surface area contributed by atoms with Crippen molar-refractivity contribution in [3.63, 3.8) is 0 Å². The Morgan fingerprint density at radius 2 is 2.05 bits per heavy atom. The zero-order valence-electron chi connectivity index (χ0n) is 11.5. The molecule has 0 bridgehead atoms. The second kappa shape index (κ2) is 6.17. The summed E-state index contributed by atoms with van der Waals surface area (Å²) in [7, 11) is 0. The number of nitro groups is 1. The van der Waals surface area contributed by atoms with Crippen LogP contribution >= 0.6 is 0 Å². The summed E-state index contributed by atoms with van der Waals surface area (Å²) in [5, 5.41) is 23.1. The maximum atomic E-state index is 13.3. The van der Waals surface area contributed by atoms with Gasteiger partial charge in [-0.15, -0.1) is 0 Å². The van der Waals surface area contributed by atoms with Gasteiger partial charge in [0.2, 0.25) is 0 Å². The van der Waals surface area contributed by atoms with Crippen molar-refractivity contribution in [2.45, 2.75) is 37.6 Å². The van der Waals surface area contributed by atoms with Gasteiger partial charge in [0.25, 0.3) is 11.6 Å². The van der Waals surface area contributed by atoms with Crippen molar-refractivity contribution < 1.29 is 19.2 Å². The van der Waals surface area contributed by atoms with Gasteiger partial charge < -0.3 is 10.4 Å². The number of aliphatic hydroxyl groups excluding tert-OH is 1. The largest absolute Gasteiger partial charge is 0.394 e. The highest BCUT2D eigenvalue weighted by molar-refractivity contribution is 5.98. The lowest BCUT2D eigenvalue weighted by atomic mass is 9.82. The van der Waals surface area contributed by atoms with Crippen LogP contribution in [0.3, 0.4) is 0 Å². The lowest BCUT2D eigenvalue weighted by molar-refractivity contribution is -0.385. The van der Waals surface area contributed by atoms with Crippen molar-refractivity contribution in [2.75, 3.05) is 6.61 Å². The standard InChI is InChI=1S/C14H17FN2O4/c15-10-4-5-12(17(20)21)11(8-10)13(19)16-14(9-18)6-2-1-3-7-14/h4-5,8,18H,1-3,6-7,9H2,(H,16,19). The van der Waals surface area contributed by atoms with Crippen molar-refractivity contribution in [3.05, 3.63) is 39.7 Å². The first-order chi connectivity index (χ1) is 9.97. The molecule has 1 amide bonds. The van der Waals surface area contributed by atoms with Crippen LogP contribution in [0.4, 0.5) is 10.1 Å². The third-order valence-electron chi connectivity index (χ3n) is 3.89. The van der Waals surface area contributed by atoms with E-state index in [1.165, 1.54) is 0 Å². The molecule has 7 heteroatoms. The van der Waals surface area contributed by atoms with Crippen molar-refractivity contribution in [3.8, 4) is 0 Å². The van der Waals surface area contributed by atoms with E-state index < -0.39 is 27.9 Å². The first-order valence-electron chi connectivity index (χ1n) is 6.85. The third kappa shape index (κ3) is 3.36. The van der Waals surface area contributed by atoms with Crippen LogP contribution in [-0.2, 0) is 0 Å². The molecule has 2 rings (SSSR count). The quantitative estimate of drug-likeness (QED) is 0.657. The van der Waals surface area contributed by atoms with Crippen molar-refractivity contribution in [1.82, 2.24) is 5.32 Å². The van der Waals surface area contributed by atoms with E-state index >= 15 is 0 Å². The van der Waals surface area contributed by atoms with Gasteiger partial charge >= 0.3 is 0 Å². The second-order valence-corrected chi connectivity index (χ2v) is 5.37. The van der Waals surface area contributed by atoms with E-state index in [2.05, 4.69) is 5.32 Å². The van der Waals surface area contributed by atoms with Crippen molar-refractivity contribution in [2.24, 2.45) is 0 Å². The van der Waals surface area contributed by atoms with Crippen LogP contribution in [0.25, 0.3) is 0 Å². The highest BCUT2D eigenvalue weighted by Crippen LogP contribution is 2.29. The van der Waals surface area contributed by atoms with Gasteiger partial charge in [-0.2, -0.15) is 0 Å². The number of aliphatic hydroxyl groups is 1. The van der Waals surface area contributed by atoms with Crippen LogP contribution in [0.5, 0.6) is 0 Å². The third-order valence-corrected chi connectivity index (χ3v) is 3.89. The Morgan fingerprint density at radius 3 is 2.62 bits per heavy atom. The van der Waals surface area contributed by atoms with Gasteiger partial charge in [0.1, 0.15) is 11.4 Å². The molecule has 0 heterocycles. The maximum Gasteiger partial charge on any atom is 0.282 e. The normalized spacial score (nSPS) is 17.2. The van der Waals surface area contributed by atoms with Crippen LogP contribution < -0.4 is 5.32 Å². The molecule has 1 aromatic rings. The van der Waals surface area contributed by atoms with Crippen molar-refractivity contribution in [1.29, 1.82) is 0 Å². The maximum absolute atomic E-state index is 13.3. The molecule has 0 aliphatic heterocycles. The molecule has 6 nitrogen and oxygen atoms in total. The molecule has 1 fully saturated rings. The zero-order chi connectivity index (χ0) is 15.5. The Bertz CT molecular complexity index is 556. The Kier molecular flexibility index (Phi) is 4.52. The van der Waals surface area contributed by atoms with Crippen LogP contribution in [0.2, 0.25) is 0 Å². The summed E-state index contributed by atoms with van der Waals surface area (Å²) < 4.78 is 13.3. The first kappa shape index (κ1) is 15.4. The fourth-order valence-corrected chi connectivity index (χ4v) is 2.71. The minimum atomic E-state index is -0.768. The van der Waals surface area contributed by atoms with Gasteiger partial charge in [-0.05, 0) is 25.0 Å². The number of nitro benzene ring substituents is 1. The highest BCUT2D eigenvalue weighted by atomic mass is 19.1. The van der Waals surface area contributed by atoms with E-state index in [0.29, 0.717) is 12.8 Å². The molecule has 21 heavy (non-hydrogen) atoms. The monoisotopic (exact) mass is 296 g/mol. The number of amides is 1. The van der Waals surface area contributed by atoms with Crippen LogP contribution in [0.15, 0.2) is 18.2 Å². The van der Waals surface area contributed by atoms with E-state index in [0.717, 1.165) is 37.5 Å². The predicted molar refractivity (Wildman–Crippen MR) is 73.4 cm³/mol. The summed E-state index contributed by atoms with van der Waals surface area (Å²) in [6.07, 6.45) is 3.98. The zero-order valence-corrected chi connectivity index (χ0v) is 11.5. The Labute approximate surface area is 121 Å². The van der Waals surface area contributed by atoms with Crippen LogP contribution in [0, 0.1) is 15.9 Å². The number of carbonyl (C=O) groups is 1. The van der Waals surface area contributed by atoms with E-state index in [1.54, 1.807) is 0 Å². The summed E-state index contributed by atoms with van der Waals surface area (Å²) >= 11 is 0. The Morgan fingerprint density at radius 1 is 1.38 bits per heavy atom. The summed E-state index contributed by atoms with van der Waals surface area (Å²) in [5.41, 5.74) is -1.54. The second-order valence-electron chi connectivity index (χ2n) is 5.37. The number of nitrogens with one attached hydrogen (secondary N) is 1. The number of nitrogens with zero attached hydrogens (tertiary/aromatic N) is 1. The van der Waals surface area contributed by atoms with Crippen LogP contribution in [-0.4, -0.2) is 28.1 Å². The van der Waals surface area contributed by atoms with Crippen LogP contribution in [0.1, 0.15) is 42.5 Å². The van der Waals surface area contributed by atoms with Gasteiger partial charge in [-0.3, -0.25) is 14.9 Å². The number of hydrogen-bond donors (Lipinski definition) is 2. The SMILES string of the molecule is O=C(NC1(CO)CCCCC1)c1cc(F)ccc1[N+](=O)[O-]. The number of benzene rings is 1. The molecule has 0 unspecified atom stereocenters. The predicted octanol–water partition coefficient (Wildman–Crippen LogP) is 2.16. The summed E-state index contributed by atoms with van der Waals surface area (Å²) in [4.78, 5) is 22.5. The summed E-state index contributed by atoms with van der Waals surface area (Å²) in [6.45, 7) is -0.234. The van der Waals surface area contributed by atoms with Gasteiger partial charge in [0, 0.05) is 6.07 Å². The molecule has 0 radical (unpaired) electrons. The molecule has 0 saturated heterocycles. The topological polar surface area (TPSA) is 92.5 Å². The van der Waals surface area contributed by atoms with Gasteiger partial charge in [0.05, 0.1) is 17.1 Å². The molecule has 0 atom stereocenters. The van der Waals surface area contributed by atoms with E-state index in [9.17, 15) is 24.4 Å². The Balaban J connectivity index is 2.27. The molecular weight excluding hydrogens is 279 g/mol. The van der Waals surface area contributed by atoms with Gasteiger partial charge in [-0.25, -0.2) is 4.39 Å². The molecule has 1 aliphatic rings. The first-order valence-corrected chi connectivity index (χ1v) is 6.85. The molecule has 1 aliphatic carbocycles. The Hall–Kier alpha value is -2.02. The number of halogens is 1. The lowest BCUT2D eigenvalue weighted by Gasteiger charge is -2.36. The molecule has 0 spiro atoms. The number of carbonyl (C=O) groups excluding carboxylic acids is 1. The minimum absolute atomic E-state index is 0.234. The summed E-state index contributed by atoms with van der Waals surface area (Å²) in [5.74, 6) is -1.44. The average molecular weight is 296 g/mol. The number of rotatable bonds is 4. The lowest BCUT2D eigenvalue weighted by Crippen LogP contribution is -2.52. The van der Waals surface area contributed by atoms with Gasteiger partial charge in [-0.1, -0.05) is 19.3 Å². The number of hydrogen-bond acceptors (Lipinski definition) is 4. The molecule has 114 valence electrons. The molecular formula is C14H17FN2O4. The van der Waals surface area contributed by atoms with E-state index in [1.807, 2.05) is 0 Å².